The first-order valence-electron chi connectivity index (χ1n) is 6.22. The lowest BCUT2D eigenvalue weighted by molar-refractivity contribution is -0.116. The summed E-state index contributed by atoms with van der Waals surface area (Å²) >= 11 is 0. The Morgan fingerprint density at radius 2 is 2.11 bits per heavy atom. The van der Waals surface area contributed by atoms with Gasteiger partial charge in [-0.15, -0.1) is 0 Å². The second-order valence-corrected chi connectivity index (χ2v) is 6.77. The minimum absolute atomic E-state index is 0.177. The summed E-state index contributed by atoms with van der Waals surface area (Å²) in [5.74, 6) is -0.176. The lowest BCUT2D eigenvalue weighted by Gasteiger charge is -2.05. The van der Waals surface area contributed by atoms with E-state index in [-0.39, 0.29) is 10.7 Å². The van der Waals surface area contributed by atoms with Gasteiger partial charge in [0.25, 0.3) is 0 Å². The summed E-state index contributed by atoms with van der Waals surface area (Å²) in [7, 11) is -3.52. The van der Waals surface area contributed by atoms with Crippen molar-refractivity contribution >= 4 is 15.6 Å². The summed E-state index contributed by atoms with van der Waals surface area (Å²) in [5.41, 5.74) is 0.971. The number of Topliss-reactive ketones (excluding diaryl/α,β-unsaturated/α-hetero) is 1. The van der Waals surface area contributed by atoms with Crippen molar-refractivity contribution in [1.82, 2.24) is 4.98 Å². The van der Waals surface area contributed by atoms with Crippen molar-refractivity contribution in [3.8, 4) is 0 Å². The minimum atomic E-state index is -3.52. The van der Waals surface area contributed by atoms with Crippen LogP contribution < -0.4 is 0 Å². The maximum atomic E-state index is 12.1. The van der Waals surface area contributed by atoms with Crippen LogP contribution in [0.4, 0.5) is 0 Å². The molecule has 1 aliphatic rings. The van der Waals surface area contributed by atoms with Gasteiger partial charge >= 0.3 is 0 Å². The molecule has 1 aliphatic carbocycles. The Morgan fingerprint density at radius 1 is 1.39 bits per heavy atom. The van der Waals surface area contributed by atoms with Crippen LogP contribution in [-0.4, -0.2) is 24.9 Å². The fourth-order valence-electron chi connectivity index (χ4n) is 1.89. The molecule has 1 fully saturated rings. The highest BCUT2D eigenvalue weighted by molar-refractivity contribution is 7.92. The van der Waals surface area contributed by atoms with Gasteiger partial charge in [-0.25, -0.2) is 8.42 Å². The molecule has 0 atom stereocenters. The number of carbonyl (C=O) groups is 1. The maximum absolute atomic E-state index is 12.1. The molecule has 0 spiro atoms. The van der Waals surface area contributed by atoms with Crippen LogP contribution >= 0.6 is 0 Å². The average Bonchev–Trinajstić information content (AvgIpc) is 3.12. The molecule has 2 rings (SSSR count). The molecule has 5 heteroatoms. The highest BCUT2D eigenvalue weighted by atomic mass is 32.2. The van der Waals surface area contributed by atoms with Gasteiger partial charge < -0.3 is 0 Å². The van der Waals surface area contributed by atoms with E-state index in [0.29, 0.717) is 18.8 Å². The summed E-state index contributed by atoms with van der Waals surface area (Å²) in [6.45, 7) is 1.86. The zero-order valence-electron chi connectivity index (χ0n) is 10.4. The normalized spacial score (nSPS) is 15.6. The molecule has 1 saturated carbocycles. The number of nitrogens with zero attached hydrogens (tertiary/aromatic N) is 1. The van der Waals surface area contributed by atoms with Crippen LogP contribution in [0.3, 0.4) is 0 Å². The zero-order chi connectivity index (χ0) is 13.2. The van der Waals surface area contributed by atoms with E-state index in [1.165, 1.54) is 6.20 Å². The van der Waals surface area contributed by atoms with E-state index in [2.05, 4.69) is 4.98 Å². The lowest BCUT2D eigenvalue weighted by Crippen LogP contribution is -2.16. The highest BCUT2D eigenvalue weighted by Crippen LogP contribution is 2.40. The molecule has 0 aromatic carbocycles. The molecule has 18 heavy (non-hydrogen) atoms. The largest absolute Gasteiger partial charge is 0.299 e. The monoisotopic (exact) mass is 267 g/mol. The maximum Gasteiger partial charge on any atom is 0.186 e. The molecule has 4 nitrogen and oxygen atoms in total. The standard InChI is InChI=1S/C13H17NO3S/c1-2-3-12(15)9-18(16,17)13-6-11(7-14-8-13)10-4-5-10/h6-8,10H,2-5,9H2,1H3. The number of pyridine rings is 1. The predicted octanol–water partition coefficient (Wildman–Crippen LogP) is 2.10. The zero-order valence-corrected chi connectivity index (χ0v) is 11.2. The van der Waals surface area contributed by atoms with Crippen LogP contribution in [0.5, 0.6) is 0 Å². The minimum Gasteiger partial charge on any atom is -0.299 e. The molecule has 1 heterocycles. The molecule has 0 radical (unpaired) electrons. The highest BCUT2D eigenvalue weighted by Gasteiger charge is 2.26. The van der Waals surface area contributed by atoms with Gasteiger partial charge in [-0.3, -0.25) is 9.78 Å². The van der Waals surface area contributed by atoms with Crippen molar-refractivity contribution in [2.75, 3.05) is 5.75 Å². The van der Waals surface area contributed by atoms with Gasteiger partial charge in [0.2, 0.25) is 0 Å². The van der Waals surface area contributed by atoms with Crippen molar-refractivity contribution in [3.63, 3.8) is 0 Å². The van der Waals surface area contributed by atoms with E-state index in [1.54, 1.807) is 12.3 Å². The first kappa shape index (κ1) is 13.2. The summed E-state index contributed by atoms with van der Waals surface area (Å²) in [4.78, 5) is 15.6. The Bertz CT molecular complexity index is 547. The molecule has 0 unspecified atom stereocenters. The van der Waals surface area contributed by atoms with E-state index < -0.39 is 15.6 Å². The molecular weight excluding hydrogens is 250 g/mol. The Labute approximate surface area is 107 Å². The number of hydrogen-bond donors (Lipinski definition) is 0. The van der Waals surface area contributed by atoms with Crippen molar-refractivity contribution in [1.29, 1.82) is 0 Å². The van der Waals surface area contributed by atoms with Gasteiger partial charge in [0.1, 0.15) is 11.5 Å². The van der Waals surface area contributed by atoms with Crippen LogP contribution in [0.1, 0.15) is 44.1 Å². The SMILES string of the molecule is CCCC(=O)CS(=O)(=O)c1cncc(C2CC2)c1. The van der Waals surface area contributed by atoms with E-state index in [0.717, 1.165) is 18.4 Å². The van der Waals surface area contributed by atoms with Crippen molar-refractivity contribution in [3.05, 3.63) is 24.0 Å². The molecule has 0 aliphatic heterocycles. The molecule has 0 amide bonds. The van der Waals surface area contributed by atoms with Gasteiger partial charge in [-0.1, -0.05) is 6.92 Å². The number of aromatic nitrogens is 1. The van der Waals surface area contributed by atoms with Crippen molar-refractivity contribution in [2.45, 2.75) is 43.4 Å². The van der Waals surface area contributed by atoms with Crippen molar-refractivity contribution in [2.24, 2.45) is 0 Å². The Hall–Kier alpha value is -1.23. The fraction of sp³-hybridized carbons (Fsp3) is 0.538. The quantitative estimate of drug-likeness (QED) is 0.791. The number of carbonyl (C=O) groups excluding carboxylic acids is 1. The van der Waals surface area contributed by atoms with E-state index in [9.17, 15) is 13.2 Å². The van der Waals surface area contributed by atoms with Crippen LogP contribution in [0.2, 0.25) is 0 Å². The topological polar surface area (TPSA) is 64.1 Å². The Morgan fingerprint density at radius 3 is 2.72 bits per heavy atom. The average molecular weight is 267 g/mol. The smallest absolute Gasteiger partial charge is 0.186 e. The molecule has 0 saturated heterocycles. The van der Waals surface area contributed by atoms with E-state index >= 15 is 0 Å². The van der Waals surface area contributed by atoms with Gasteiger partial charge in [0.15, 0.2) is 9.84 Å². The lowest BCUT2D eigenvalue weighted by atomic mass is 10.2. The summed E-state index contributed by atoms with van der Waals surface area (Å²) in [5, 5.41) is 0. The third-order valence-corrected chi connectivity index (χ3v) is 4.67. The summed E-state index contributed by atoms with van der Waals surface area (Å²) in [6, 6.07) is 1.67. The van der Waals surface area contributed by atoms with Gasteiger partial charge in [-0.05, 0) is 36.8 Å². The molecular formula is C13H17NO3S. The van der Waals surface area contributed by atoms with E-state index in [1.807, 2.05) is 6.92 Å². The number of rotatable bonds is 6. The number of ketones is 1. The number of sulfone groups is 1. The van der Waals surface area contributed by atoms with Crippen LogP contribution in [-0.2, 0) is 14.6 Å². The van der Waals surface area contributed by atoms with Gasteiger partial charge in [-0.2, -0.15) is 0 Å². The predicted molar refractivity (Wildman–Crippen MR) is 68.2 cm³/mol. The third-order valence-electron chi connectivity index (χ3n) is 3.02. The summed E-state index contributed by atoms with van der Waals surface area (Å²) in [6.07, 6.45) is 6.23. The first-order valence-corrected chi connectivity index (χ1v) is 7.87. The van der Waals surface area contributed by atoms with Crippen LogP contribution in [0.25, 0.3) is 0 Å². The fourth-order valence-corrected chi connectivity index (χ4v) is 3.16. The van der Waals surface area contributed by atoms with Crippen molar-refractivity contribution < 1.29 is 13.2 Å². The second kappa shape index (κ2) is 5.18. The second-order valence-electron chi connectivity index (χ2n) is 4.78. The number of hydrogen-bond acceptors (Lipinski definition) is 4. The molecule has 0 bridgehead atoms. The Balaban J connectivity index is 2.18. The van der Waals surface area contributed by atoms with Gasteiger partial charge in [0.05, 0.1) is 4.90 Å². The van der Waals surface area contributed by atoms with Gasteiger partial charge in [0, 0.05) is 18.8 Å². The molecule has 1 aromatic heterocycles. The first-order chi connectivity index (χ1) is 8.53. The molecule has 0 N–H and O–H groups in total. The molecule has 98 valence electrons. The van der Waals surface area contributed by atoms with Crippen LogP contribution in [0.15, 0.2) is 23.4 Å². The summed E-state index contributed by atoms with van der Waals surface area (Å²) < 4.78 is 24.1. The third kappa shape index (κ3) is 3.16. The Kier molecular flexibility index (Phi) is 3.80. The van der Waals surface area contributed by atoms with E-state index in [4.69, 9.17) is 0 Å². The molecule has 1 aromatic rings. The van der Waals surface area contributed by atoms with Crippen LogP contribution in [0, 0.1) is 0 Å².